The van der Waals surface area contributed by atoms with Crippen molar-refractivity contribution in [3.8, 4) is 0 Å². The molecule has 1 heterocycles. The Morgan fingerprint density at radius 3 is 2.40 bits per heavy atom. The predicted molar refractivity (Wildman–Crippen MR) is 97.2 cm³/mol. The average Bonchev–Trinajstić information content (AvgIpc) is 3.13. The zero-order valence-corrected chi connectivity index (χ0v) is 14.1. The van der Waals surface area contributed by atoms with Crippen LogP contribution in [0.1, 0.15) is 26.5 Å². The Bertz CT molecular complexity index is 920. The van der Waals surface area contributed by atoms with Crippen LogP contribution >= 0.6 is 11.6 Å². The molecule has 2 aromatic carbocycles. The van der Waals surface area contributed by atoms with Crippen molar-refractivity contribution < 1.29 is 14.0 Å². The fraction of sp³-hybridized carbons (Fsp3) is 0.0526. The summed E-state index contributed by atoms with van der Waals surface area (Å²) >= 11 is 6.06. The van der Waals surface area contributed by atoms with Gasteiger partial charge in [-0.25, -0.2) is 0 Å². The van der Waals surface area contributed by atoms with Gasteiger partial charge in [0.2, 0.25) is 0 Å². The number of carbonyl (C=O) groups excluding carboxylic acids is 2. The number of aryl methyl sites for hydroxylation is 1. The molecule has 126 valence electrons. The largest absolute Gasteiger partial charge is 0.459 e. The number of rotatable bonds is 4. The van der Waals surface area contributed by atoms with Gasteiger partial charge in [0.15, 0.2) is 5.76 Å². The topological polar surface area (TPSA) is 71.3 Å². The molecular formula is C19H15ClN2O3. The van der Waals surface area contributed by atoms with E-state index in [1.54, 1.807) is 54.6 Å². The van der Waals surface area contributed by atoms with E-state index in [4.69, 9.17) is 16.0 Å². The lowest BCUT2D eigenvalue weighted by Gasteiger charge is -2.11. The Balaban J connectivity index is 1.80. The number of furan rings is 1. The molecule has 3 rings (SSSR count). The number of nitrogens with one attached hydrogen (secondary N) is 2. The number of benzene rings is 2. The van der Waals surface area contributed by atoms with Gasteiger partial charge in [-0.05, 0) is 48.9 Å². The molecule has 0 spiro atoms. The van der Waals surface area contributed by atoms with E-state index in [0.29, 0.717) is 22.0 Å². The summed E-state index contributed by atoms with van der Waals surface area (Å²) in [4.78, 5) is 24.6. The monoisotopic (exact) mass is 354 g/mol. The third-order valence-electron chi connectivity index (χ3n) is 3.61. The normalized spacial score (nSPS) is 10.3. The Morgan fingerprint density at radius 1 is 0.920 bits per heavy atom. The fourth-order valence-electron chi connectivity index (χ4n) is 2.25. The summed E-state index contributed by atoms with van der Waals surface area (Å²) in [7, 11) is 0. The molecule has 0 bridgehead atoms. The number of hydrogen-bond donors (Lipinski definition) is 2. The summed E-state index contributed by atoms with van der Waals surface area (Å²) in [6.07, 6.45) is 1.43. The molecule has 6 heteroatoms. The Labute approximate surface area is 149 Å². The van der Waals surface area contributed by atoms with E-state index in [9.17, 15) is 9.59 Å². The summed E-state index contributed by atoms with van der Waals surface area (Å²) in [6, 6.07) is 15.2. The van der Waals surface area contributed by atoms with E-state index in [1.807, 2.05) is 6.92 Å². The third kappa shape index (κ3) is 3.89. The first-order valence-corrected chi connectivity index (χ1v) is 7.94. The van der Waals surface area contributed by atoms with Crippen molar-refractivity contribution in [2.24, 2.45) is 0 Å². The lowest BCUT2D eigenvalue weighted by Crippen LogP contribution is -2.15. The maximum Gasteiger partial charge on any atom is 0.291 e. The summed E-state index contributed by atoms with van der Waals surface area (Å²) in [6.45, 7) is 1.84. The van der Waals surface area contributed by atoms with Gasteiger partial charge in [0, 0.05) is 11.3 Å². The first kappa shape index (κ1) is 16.8. The van der Waals surface area contributed by atoms with Crippen LogP contribution in [-0.2, 0) is 0 Å². The highest BCUT2D eigenvalue weighted by Gasteiger charge is 2.13. The molecule has 5 nitrogen and oxygen atoms in total. The van der Waals surface area contributed by atoms with Gasteiger partial charge >= 0.3 is 0 Å². The van der Waals surface area contributed by atoms with Crippen molar-refractivity contribution >= 4 is 34.8 Å². The van der Waals surface area contributed by atoms with Crippen molar-refractivity contribution in [2.45, 2.75) is 6.92 Å². The maximum absolute atomic E-state index is 12.4. The van der Waals surface area contributed by atoms with Gasteiger partial charge in [-0.3, -0.25) is 9.59 Å². The highest BCUT2D eigenvalue weighted by atomic mass is 35.5. The minimum Gasteiger partial charge on any atom is -0.459 e. The molecular weight excluding hydrogens is 340 g/mol. The van der Waals surface area contributed by atoms with Crippen LogP contribution in [-0.4, -0.2) is 11.8 Å². The van der Waals surface area contributed by atoms with E-state index in [2.05, 4.69) is 10.6 Å². The van der Waals surface area contributed by atoms with Crippen LogP contribution in [0.2, 0.25) is 5.02 Å². The second-order valence-electron chi connectivity index (χ2n) is 5.40. The molecule has 3 aromatic rings. The molecule has 0 aliphatic rings. The zero-order valence-electron chi connectivity index (χ0n) is 13.4. The van der Waals surface area contributed by atoms with Gasteiger partial charge in [-0.1, -0.05) is 29.8 Å². The summed E-state index contributed by atoms with van der Waals surface area (Å²) in [5, 5.41) is 5.95. The number of halogens is 1. The molecule has 2 amide bonds. The molecule has 0 aliphatic heterocycles. The van der Waals surface area contributed by atoms with Gasteiger partial charge in [-0.15, -0.1) is 0 Å². The van der Waals surface area contributed by atoms with Gasteiger partial charge < -0.3 is 15.1 Å². The zero-order chi connectivity index (χ0) is 17.8. The molecule has 0 unspecified atom stereocenters. The molecule has 0 aliphatic carbocycles. The van der Waals surface area contributed by atoms with E-state index in [0.717, 1.165) is 5.56 Å². The van der Waals surface area contributed by atoms with Gasteiger partial charge in [-0.2, -0.15) is 0 Å². The number of hydrogen-bond acceptors (Lipinski definition) is 3. The second kappa shape index (κ2) is 7.23. The van der Waals surface area contributed by atoms with E-state index >= 15 is 0 Å². The lowest BCUT2D eigenvalue weighted by atomic mass is 10.1. The minimum atomic E-state index is -0.378. The van der Waals surface area contributed by atoms with Crippen molar-refractivity contribution in [2.75, 3.05) is 10.6 Å². The molecule has 0 atom stereocenters. The Hall–Kier alpha value is -3.05. The molecule has 0 saturated carbocycles. The van der Waals surface area contributed by atoms with Crippen LogP contribution < -0.4 is 10.6 Å². The van der Waals surface area contributed by atoms with Crippen molar-refractivity contribution in [1.29, 1.82) is 0 Å². The standard InChI is InChI=1S/C19H15ClN2O3/c1-12-8-9-13(18(23)21-15-6-3-2-5-14(15)20)11-16(12)22-19(24)17-7-4-10-25-17/h2-11H,1H3,(H,21,23)(H,22,24). The highest BCUT2D eigenvalue weighted by molar-refractivity contribution is 6.33. The first-order chi connectivity index (χ1) is 12.0. The van der Waals surface area contributed by atoms with Crippen LogP contribution in [0.5, 0.6) is 0 Å². The van der Waals surface area contributed by atoms with Crippen LogP contribution in [0, 0.1) is 6.92 Å². The second-order valence-corrected chi connectivity index (χ2v) is 5.80. The van der Waals surface area contributed by atoms with Gasteiger partial charge in [0.25, 0.3) is 11.8 Å². The quantitative estimate of drug-likeness (QED) is 0.710. The minimum absolute atomic E-state index is 0.199. The van der Waals surface area contributed by atoms with E-state index in [1.165, 1.54) is 6.26 Å². The Kier molecular flexibility index (Phi) is 4.86. The van der Waals surface area contributed by atoms with Crippen molar-refractivity contribution in [3.63, 3.8) is 0 Å². The molecule has 0 radical (unpaired) electrons. The smallest absolute Gasteiger partial charge is 0.291 e. The molecule has 0 saturated heterocycles. The molecule has 1 aromatic heterocycles. The molecule has 0 fully saturated rings. The van der Waals surface area contributed by atoms with Crippen LogP contribution in [0.3, 0.4) is 0 Å². The van der Waals surface area contributed by atoms with Crippen LogP contribution in [0.15, 0.2) is 65.3 Å². The number of anilines is 2. The van der Waals surface area contributed by atoms with Crippen LogP contribution in [0.4, 0.5) is 11.4 Å². The molecule has 2 N–H and O–H groups in total. The van der Waals surface area contributed by atoms with Crippen molar-refractivity contribution in [1.82, 2.24) is 0 Å². The fourth-order valence-corrected chi connectivity index (χ4v) is 2.43. The average molecular weight is 355 g/mol. The number of amides is 2. The Morgan fingerprint density at radius 2 is 1.68 bits per heavy atom. The summed E-state index contributed by atoms with van der Waals surface area (Å²) in [5.41, 5.74) is 2.29. The number of carbonyl (C=O) groups is 2. The number of para-hydroxylation sites is 1. The third-order valence-corrected chi connectivity index (χ3v) is 3.94. The van der Waals surface area contributed by atoms with Gasteiger partial charge in [0.1, 0.15) is 0 Å². The van der Waals surface area contributed by atoms with E-state index < -0.39 is 0 Å². The first-order valence-electron chi connectivity index (χ1n) is 7.56. The lowest BCUT2D eigenvalue weighted by molar-refractivity contribution is 0.0993. The maximum atomic E-state index is 12.4. The molecule has 25 heavy (non-hydrogen) atoms. The van der Waals surface area contributed by atoms with Gasteiger partial charge in [0.05, 0.1) is 17.0 Å². The van der Waals surface area contributed by atoms with Crippen LogP contribution in [0.25, 0.3) is 0 Å². The predicted octanol–water partition coefficient (Wildman–Crippen LogP) is 4.75. The van der Waals surface area contributed by atoms with Crippen molar-refractivity contribution in [3.05, 3.63) is 82.8 Å². The SMILES string of the molecule is Cc1ccc(C(=O)Nc2ccccc2Cl)cc1NC(=O)c1ccco1. The highest BCUT2D eigenvalue weighted by Crippen LogP contribution is 2.23. The van der Waals surface area contributed by atoms with E-state index in [-0.39, 0.29) is 17.6 Å². The summed E-state index contributed by atoms with van der Waals surface area (Å²) < 4.78 is 5.07. The summed E-state index contributed by atoms with van der Waals surface area (Å²) in [5.74, 6) is -0.497.